The fourth-order valence-electron chi connectivity index (χ4n) is 0.0250. The fraction of sp³-hybridized carbons (Fsp3) is 1.00. The van der Waals surface area contributed by atoms with E-state index >= 15 is 0 Å². The normalized spacial score (nSPS) is 12.0. The number of hydrogen-bond acceptors (Lipinski definition) is 3. The summed E-state index contributed by atoms with van der Waals surface area (Å²) in [4.78, 5) is 0. The predicted octanol–water partition coefficient (Wildman–Crippen LogP) is -1.90. The van der Waals surface area contributed by atoms with Crippen LogP contribution in [-0.2, 0) is 0 Å². The van der Waals surface area contributed by atoms with Crippen LogP contribution in [0.2, 0.25) is 0 Å². The molecule has 7 heavy (non-hydrogen) atoms. The van der Waals surface area contributed by atoms with Gasteiger partial charge in [0.25, 0.3) is 0 Å². The summed E-state index contributed by atoms with van der Waals surface area (Å²) in [6.45, 7) is 0. The van der Waals surface area contributed by atoms with E-state index < -0.39 is 0 Å². The highest BCUT2D eigenvalue weighted by Gasteiger charge is 2.12. The van der Waals surface area contributed by atoms with Gasteiger partial charge in [-0.25, -0.2) is 0 Å². The maximum absolute atomic E-state index is 8.13. The Labute approximate surface area is 41.6 Å². The summed E-state index contributed by atoms with van der Waals surface area (Å²) in [5.41, 5.74) is 3.85. The third kappa shape index (κ3) is 2.49. The van der Waals surface area contributed by atoms with Crippen molar-refractivity contribution in [3.8, 4) is 0 Å². The molecule has 0 saturated carbocycles. The number of nitrogens with one attached hydrogen (secondary N) is 2. The van der Waals surface area contributed by atoms with Crippen LogP contribution in [0.4, 0.5) is 0 Å². The molecule has 0 aromatic carbocycles. The lowest BCUT2D eigenvalue weighted by Gasteiger charge is -2.17. The molecule has 0 rings (SSSR count). The van der Waals surface area contributed by atoms with Crippen LogP contribution >= 0.6 is 0 Å². The minimum Gasteiger partial charge on any atom is -0.297 e. The predicted molar refractivity (Wildman–Crippen MR) is 23.8 cm³/mol. The number of nitrogens with zero attached hydrogens (tertiary/aromatic N) is 1. The molecule has 0 aliphatic carbocycles. The molecular formula is C2H11N3O2+2. The smallest absolute Gasteiger partial charge is 0.113 e. The molecule has 44 valence electrons. The van der Waals surface area contributed by atoms with Crippen molar-refractivity contribution >= 4 is 0 Å². The average molecular weight is 109 g/mol. The number of hydrogen-bond donors (Lipinski definition) is 3. The van der Waals surface area contributed by atoms with Crippen molar-refractivity contribution in [1.82, 2.24) is 11.2 Å². The van der Waals surface area contributed by atoms with E-state index in [1.54, 1.807) is 14.1 Å². The molecule has 0 amide bonds. The molecule has 0 fully saturated rings. The minimum atomic E-state index is -0.139. The molecule has 0 aliphatic rings. The summed E-state index contributed by atoms with van der Waals surface area (Å²) >= 11 is 0. The van der Waals surface area contributed by atoms with Crippen molar-refractivity contribution in [1.29, 1.82) is 0 Å². The monoisotopic (exact) mass is 109 g/mol. The Balaban J connectivity index is 3.36. The number of rotatable bonds is 2. The maximum Gasteiger partial charge on any atom is 0.113 e. The molecule has 0 saturated heterocycles. The molecule has 5 N–H and O–H groups in total. The van der Waals surface area contributed by atoms with Crippen LogP contribution in [0.3, 0.4) is 0 Å². The van der Waals surface area contributed by atoms with Crippen molar-refractivity contribution in [2.24, 2.45) is 0 Å². The molecule has 0 aromatic rings. The fourth-order valence-corrected chi connectivity index (χ4v) is 0.0250. The molecule has 0 unspecified atom stereocenters. The lowest BCUT2D eigenvalue weighted by molar-refractivity contribution is -1.02. The van der Waals surface area contributed by atoms with Crippen LogP contribution in [-0.4, -0.2) is 29.2 Å². The zero-order valence-electron chi connectivity index (χ0n) is 4.39. The van der Waals surface area contributed by atoms with Gasteiger partial charge in [-0.2, -0.15) is 0 Å². The Morgan fingerprint density at radius 2 is 2.00 bits per heavy atom. The molecule has 0 aromatic heterocycles. The third-order valence-corrected chi connectivity index (χ3v) is 0.530. The molecule has 0 heterocycles. The van der Waals surface area contributed by atoms with Crippen molar-refractivity contribution in [3.05, 3.63) is 0 Å². The first-order chi connectivity index (χ1) is 3.12. The lowest BCUT2D eigenvalue weighted by atomic mass is 11.1. The Morgan fingerprint density at radius 3 is 2.00 bits per heavy atom. The summed E-state index contributed by atoms with van der Waals surface area (Å²) in [6.07, 6.45) is 0. The van der Waals surface area contributed by atoms with Gasteiger partial charge in [-0.1, -0.05) is 4.70 Å². The largest absolute Gasteiger partial charge is 0.297 e. The molecule has 0 atom stereocenters. The van der Waals surface area contributed by atoms with Crippen molar-refractivity contribution in [2.75, 3.05) is 14.1 Å². The summed E-state index contributed by atoms with van der Waals surface area (Å²) in [5, 5.41) is 14.6. The molecule has 5 nitrogen and oxygen atoms in total. The zero-order chi connectivity index (χ0) is 5.91. The quantitative estimate of drug-likeness (QED) is 0.220. The van der Waals surface area contributed by atoms with Gasteiger partial charge in [0, 0.05) is 0 Å². The first-order valence-electron chi connectivity index (χ1n) is 1.82. The number of quaternary nitrogens is 1. The second kappa shape index (κ2) is 2.20. The van der Waals surface area contributed by atoms with Gasteiger partial charge in [-0.3, -0.25) is 10.4 Å². The molecule has 0 spiro atoms. The van der Waals surface area contributed by atoms with Crippen molar-refractivity contribution in [3.63, 3.8) is 0 Å². The highest BCUT2D eigenvalue weighted by atomic mass is 16.6. The van der Waals surface area contributed by atoms with Gasteiger partial charge in [0.05, 0.1) is 5.59 Å². The highest BCUT2D eigenvalue weighted by molar-refractivity contribution is 3.78. The standard InChI is InChI=1S/C2H10N3O2/c1-5(2,3-6)4-7/h3-4,6-7H,1-2H3/q+1/p+1. The molecule has 0 aliphatic heterocycles. The van der Waals surface area contributed by atoms with Crippen LogP contribution in [0.1, 0.15) is 0 Å². The maximum atomic E-state index is 8.13. The summed E-state index contributed by atoms with van der Waals surface area (Å²) in [6, 6.07) is 0. The Hall–Kier alpha value is -0.200. The van der Waals surface area contributed by atoms with E-state index in [0.717, 1.165) is 0 Å². The lowest BCUT2D eigenvalue weighted by Crippen LogP contribution is -2.58. The molecule has 0 radical (unpaired) electrons. The van der Waals surface area contributed by atoms with Gasteiger partial charge < -0.3 is 0 Å². The summed E-state index contributed by atoms with van der Waals surface area (Å²) < 4.78 is -0.139. The second-order valence-corrected chi connectivity index (χ2v) is 1.67. The Morgan fingerprint density at radius 1 is 1.57 bits per heavy atom. The van der Waals surface area contributed by atoms with Crippen LogP contribution in [0.5, 0.6) is 0 Å². The first-order valence-corrected chi connectivity index (χ1v) is 1.82. The van der Waals surface area contributed by atoms with E-state index in [1.807, 2.05) is 11.2 Å². The Kier molecular flexibility index (Phi) is 2.13. The van der Waals surface area contributed by atoms with Crippen molar-refractivity contribution in [2.45, 2.75) is 0 Å². The van der Waals surface area contributed by atoms with Crippen LogP contribution in [0.25, 0.3) is 0 Å². The summed E-state index contributed by atoms with van der Waals surface area (Å²) in [5.74, 6) is 0. The van der Waals surface area contributed by atoms with E-state index in [1.165, 1.54) is 0 Å². The van der Waals surface area contributed by atoms with Crippen LogP contribution < -0.4 is 11.2 Å². The molecule has 5 heteroatoms. The van der Waals surface area contributed by atoms with E-state index in [2.05, 4.69) is 0 Å². The minimum absolute atomic E-state index is 0.139. The van der Waals surface area contributed by atoms with E-state index in [4.69, 9.17) is 10.4 Å². The average Bonchev–Trinajstić information content (AvgIpc) is 1.68. The van der Waals surface area contributed by atoms with Gasteiger partial charge in [0.15, 0.2) is 0 Å². The molecule has 0 bridgehead atoms. The third-order valence-electron chi connectivity index (χ3n) is 0.530. The first kappa shape index (κ1) is 6.80. The van der Waals surface area contributed by atoms with E-state index in [9.17, 15) is 0 Å². The zero-order valence-corrected chi connectivity index (χ0v) is 4.39. The topological polar surface area (TPSA) is 67.2 Å². The Bertz CT molecular complexity index is 48.9. The van der Waals surface area contributed by atoms with Crippen LogP contribution in [0.15, 0.2) is 0 Å². The van der Waals surface area contributed by atoms with Gasteiger partial charge in [-0.05, 0) is 5.59 Å². The second-order valence-electron chi connectivity index (χ2n) is 1.67. The van der Waals surface area contributed by atoms with Gasteiger partial charge in [0.2, 0.25) is 0 Å². The van der Waals surface area contributed by atoms with E-state index in [0.29, 0.717) is 0 Å². The highest BCUT2D eigenvalue weighted by Crippen LogP contribution is 1.73. The SMILES string of the molecule is C[N+](C)(NO)N[OH2+]. The van der Waals surface area contributed by atoms with Gasteiger partial charge in [-0.15, -0.1) is 0 Å². The van der Waals surface area contributed by atoms with Gasteiger partial charge in [0.1, 0.15) is 14.1 Å². The molecular weight excluding hydrogens is 98.0 g/mol. The van der Waals surface area contributed by atoms with Crippen LogP contribution in [0, 0.1) is 0 Å². The van der Waals surface area contributed by atoms with Gasteiger partial charge >= 0.3 is 0 Å². The summed E-state index contributed by atoms with van der Waals surface area (Å²) in [7, 11) is 3.15. The van der Waals surface area contributed by atoms with Crippen molar-refractivity contribution < 1.29 is 15.1 Å². The van der Waals surface area contributed by atoms with E-state index in [-0.39, 0.29) is 4.70 Å².